The fourth-order valence-corrected chi connectivity index (χ4v) is 4.87. The summed E-state index contributed by atoms with van der Waals surface area (Å²) in [5.74, 6) is 0.300. The number of methoxy groups -OCH3 is 1. The molecule has 1 aliphatic heterocycles. The van der Waals surface area contributed by atoms with Gasteiger partial charge in [-0.05, 0) is 49.6 Å². The van der Waals surface area contributed by atoms with Gasteiger partial charge in [0.05, 0.1) is 35.6 Å². The van der Waals surface area contributed by atoms with E-state index < -0.39 is 12.0 Å². The second-order valence-corrected chi connectivity index (χ2v) is 8.45. The van der Waals surface area contributed by atoms with Crippen LogP contribution in [0.2, 0.25) is 0 Å². The largest absolute Gasteiger partial charge is 0.496 e. The quantitative estimate of drug-likeness (QED) is 0.563. The molecule has 2 aromatic carbocycles. The van der Waals surface area contributed by atoms with Crippen molar-refractivity contribution in [1.82, 2.24) is 4.57 Å². The van der Waals surface area contributed by atoms with Crippen molar-refractivity contribution in [3.63, 3.8) is 0 Å². The Kier molecular flexibility index (Phi) is 6.10. The van der Waals surface area contributed by atoms with Crippen LogP contribution in [-0.2, 0) is 9.53 Å². The number of allylic oxidation sites excluding steroid dienone is 1. The number of carbonyl (C=O) groups is 1. The number of nitrogens with zero attached hydrogens (tertiary/aromatic N) is 2. The van der Waals surface area contributed by atoms with Gasteiger partial charge in [0, 0.05) is 0 Å². The van der Waals surface area contributed by atoms with Crippen molar-refractivity contribution in [3.05, 3.63) is 96.2 Å². The van der Waals surface area contributed by atoms with Crippen molar-refractivity contribution in [2.45, 2.75) is 26.8 Å². The molecule has 7 heteroatoms. The third-order valence-corrected chi connectivity index (χ3v) is 6.35. The van der Waals surface area contributed by atoms with Crippen LogP contribution in [0, 0.1) is 6.92 Å². The van der Waals surface area contributed by atoms with Crippen LogP contribution < -0.4 is 19.6 Å². The monoisotopic (exact) mass is 448 g/mol. The van der Waals surface area contributed by atoms with Crippen molar-refractivity contribution >= 4 is 23.4 Å². The molecule has 1 atom stereocenters. The third-order valence-electron chi connectivity index (χ3n) is 5.36. The van der Waals surface area contributed by atoms with Gasteiger partial charge >= 0.3 is 5.97 Å². The van der Waals surface area contributed by atoms with Crippen LogP contribution in [-0.4, -0.2) is 24.3 Å². The SMILES string of the molecule is CCOC(=O)C1=C(C)N=c2s/c(=C/c3ccc(C)c(OC)c3)c(=O)n2[C@H]1c1ccccc1. The van der Waals surface area contributed by atoms with Crippen molar-refractivity contribution in [2.75, 3.05) is 13.7 Å². The van der Waals surface area contributed by atoms with Crippen molar-refractivity contribution in [2.24, 2.45) is 4.99 Å². The minimum absolute atomic E-state index is 0.198. The summed E-state index contributed by atoms with van der Waals surface area (Å²) >= 11 is 1.30. The summed E-state index contributed by atoms with van der Waals surface area (Å²) in [6, 6.07) is 14.7. The Bertz CT molecular complexity index is 1380. The minimum Gasteiger partial charge on any atom is -0.496 e. The van der Waals surface area contributed by atoms with E-state index in [1.165, 1.54) is 11.3 Å². The highest BCUT2D eigenvalue weighted by Gasteiger charge is 2.33. The van der Waals surface area contributed by atoms with Gasteiger partial charge < -0.3 is 9.47 Å². The lowest BCUT2D eigenvalue weighted by Gasteiger charge is -2.24. The number of carbonyl (C=O) groups excluding carboxylic acids is 1. The Morgan fingerprint density at radius 2 is 1.94 bits per heavy atom. The molecule has 3 aromatic rings. The summed E-state index contributed by atoms with van der Waals surface area (Å²) in [7, 11) is 1.62. The van der Waals surface area contributed by atoms with Crippen LogP contribution in [0.5, 0.6) is 5.75 Å². The predicted octanol–water partition coefficient (Wildman–Crippen LogP) is 3.12. The fourth-order valence-electron chi connectivity index (χ4n) is 3.82. The molecule has 2 heterocycles. The summed E-state index contributed by atoms with van der Waals surface area (Å²) < 4.78 is 12.8. The molecule has 0 fully saturated rings. The maximum Gasteiger partial charge on any atom is 0.338 e. The number of aryl methyl sites for hydroxylation is 1. The highest BCUT2D eigenvalue weighted by Crippen LogP contribution is 2.30. The first-order valence-electron chi connectivity index (χ1n) is 10.3. The van der Waals surface area contributed by atoms with E-state index in [2.05, 4.69) is 4.99 Å². The average molecular weight is 449 g/mol. The van der Waals surface area contributed by atoms with Crippen LogP contribution in [0.15, 0.2) is 69.6 Å². The molecule has 0 radical (unpaired) electrons. The Balaban J connectivity index is 1.93. The number of benzene rings is 2. The Hall–Kier alpha value is -3.45. The van der Waals surface area contributed by atoms with Gasteiger partial charge in [-0.3, -0.25) is 9.36 Å². The normalized spacial score (nSPS) is 15.9. The van der Waals surface area contributed by atoms with Gasteiger partial charge in [-0.15, -0.1) is 0 Å². The van der Waals surface area contributed by atoms with E-state index in [-0.39, 0.29) is 12.2 Å². The van der Waals surface area contributed by atoms with E-state index >= 15 is 0 Å². The van der Waals surface area contributed by atoms with Crippen LogP contribution >= 0.6 is 11.3 Å². The predicted molar refractivity (Wildman–Crippen MR) is 125 cm³/mol. The molecule has 0 unspecified atom stereocenters. The van der Waals surface area contributed by atoms with Crippen LogP contribution in [0.3, 0.4) is 0 Å². The zero-order valence-electron chi connectivity index (χ0n) is 18.4. The van der Waals surface area contributed by atoms with Gasteiger partial charge in [-0.2, -0.15) is 0 Å². The molecule has 0 N–H and O–H groups in total. The van der Waals surface area contributed by atoms with Crippen LogP contribution in [0.4, 0.5) is 0 Å². The smallest absolute Gasteiger partial charge is 0.338 e. The highest BCUT2D eigenvalue weighted by atomic mass is 32.1. The van der Waals surface area contributed by atoms with E-state index in [1.807, 2.05) is 61.5 Å². The molecule has 32 heavy (non-hydrogen) atoms. The number of ether oxygens (including phenoxy) is 2. The first-order chi connectivity index (χ1) is 15.4. The summed E-state index contributed by atoms with van der Waals surface area (Å²) in [5.41, 5.74) is 3.45. The molecular formula is C25H24N2O4S. The summed E-state index contributed by atoms with van der Waals surface area (Å²) in [5, 5.41) is 0. The second kappa shape index (κ2) is 8.96. The van der Waals surface area contributed by atoms with Crippen molar-refractivity contribution in [3.8, 4) is 5.75 Å². The van der Waals surface area contributed by atoms with E-state index in [0.29, 0.717) is 20.6 Å². The number of aromatic nitrogens is 1. The van der Waals surface area contributed by atoms with Crippen molar-refractivity contribution in [1.29, 1.82) is 0 Å². The van der Waals surface area contributed by atoms with Gasteiger partial charge in [-0.25, -0.2) is 9.79 Å². The molecular weight excluding hydrogens is 424 g/mol. The molecule has 0 spiro atoms. The minimum atomic E-state index is -0.596. The number of hydrogen-bond donors (Lipinski definition) is 0. The maximum absolute atomic E-state index is 13.5. The zero-order valence-corrected chi connectivity index (χ0v) is 19.2. The molecule has 4 rings (SSSR count). The summed E-state index contributed by atoms with van der Waals surface area (Å²) in [6.45, 7) is 5.76. The van der Waals surface area contributed by atoms with Crippen LogP contribution in [0.1, 0.15) is 36.6 Å². The molecule has 164 valence electrons. The standard InChI is InChI=1S/C25H24N2O4S/c1-5-31-24(29)21-16(3)26-25-27(22(21)18-9-7-6-8-10-18)23(28)20(32-25)14-17-12-11-15(2)19(13-17)30-4/h6-14,22H,5H2,1-4H3/b20-14+/t22-/m0/s1. The number of esters is 1. The van der Waals surface area contributed by atoms with Crippen LogP contribution in [0.25, 0.3) is 6.08 Å². The maximum atomic E-state index is 13.5. The fraction of sp³-hybridized carbons (Fsp3) is 0.240. The topological polar surface area (TPSA) is 69.9 Å². The molecule has 0 aliphatic carbocycles. The molecule has 0 saturated heterocycles. The number of fused-ring (bicyclic) bond motifs is 1. The lowest BCUT2D eigenvalue weighted by atomic mass is 9.96. The van der Waals surface area contributed by atoms with E-state index in [4.69, 9.17) is 9.47 Å². The summed E-state index contributed by atoms with van der Waals surface area (Å²) in [6.07, 6.45) is 1.83. The Morgan fingerprint density at radius 1 is 1.19 bits per heavy atom. The zero-order chi connectivity index (χ0) is 22.8. The van der Waals surface area contributed by atoms with Gasteiger partial charge in [0.25, 0.3) is 5.56 Å². The Labute approximate surface area is 189 Å². The molecule has 1 aliphatic rings. The van der Waals surface area contributed by atoms with Gasteiger partial charge in [-0.1, -0.05) is 53.8 Å². The van der Waals surface area contributed by atoms with Crippen molar-refractivity contribution < 1.29 is 14.3 Å². The first-order valence-corrected chi connectivity index (χ1v) is 11.2. The molecule has 6 nitrogen and oxygen atoms in total. The summed E-state index contributed by atoms with van der Waals surface area (Å²) in [4.78, 5) is 31.5. The van der Waals surface area contributed by atoms with E-state index in [9.17, 15) is 9.59 Å². The molecule has 0 amide bonds. The first kappa shape index (κ1) is 21.8. The molecule has 0 saturated carbocycles. The lowest BCUT2D eigenvalue weighted by Crippen LogP contribution is -2.39. The highest BCUT2D eigenvalue weighted by molar-refractivity contribution is 7.07. The second-order valence-electron chi connectivity index (χ2n) is 7.44. The third kappa shape index (κ3) is 3.91. The number of thiazole rings is 1. The number of hydrogen-bond acceptors (Lipinski definition) is 6. The number of rotatable bonds is 5. The van der Waals surface area contributed by atoms with Gasteiger partial charge in [0.2, 0.25) is 0 Å². The Morgan fingerprint density at radius 3 is 2.62 bits per heavy atom. The lowest BCUT2D eigenvalue weighted by molar-refractivity contribution is -0.139. The van der Waals surface area contributed by atoms with E-state index in [0.717, 1.165) is 22.4 Å². The van der Waals surface area contributed by atoms with Gasteiger partial charge in [0.15, 0.2) is 4.80 Å². The molecule has 0 bridgehead atoms. The molecule has 1 aromatic heterocycles. The van der Waals surface area contributed by atoms with E-state index in [1.54, 1.807) is 25.5 Å². The van der Waals surface area contributed by atoms with Gasteiger partial charge in [0.1, 0.15) is 5.75 Å². The average Bonchev–Trinajstić information content (AvgIpc) is 3.09.